The molecular formula is C28H26ClN5O3. The molecule has 0 radical (unpaired) electrons. The highest BCUT2D eigenvalue weighted by Gasteiger charge is 2.41. The van der Waals surface area contributed by atoms with E-state index < -0.39 is 6.10 Å². The van der Waals surface area contributed by atoms with Gasteiger partial charge in [-0.3, -0.25) is 0 Å². The Morgan fingerprint density at radius 2 is 1.70 bits per heavy atom. The molecule has 8 nitrogen and oxygen atoms in total. The van der Waals surface area contributed by atoms with Gasteiger partial charge in [-0.15, -0.1) is 0 Å². The van der Waals surface area contributed by atoms with E-state index in [1.807, 2.05) is 55.2 Å². The van der Waals surface area contributed by atoms with Crippen molar-refractivity contribution >= 4 is 28.9 Å². The first kappa shape index (κ1) is 23.2. The highest BCUT2D eigenvalue weighted by molar-refractivity contribution is 6.30. The van der Waals surface area contributed by atoms with E-state index in [1.165, 1.54) is 0 Å². The molecule has 0 fully saturated rings. The van der Waals surface area contributed by atoms with Crippen LogP contribution in [0.2, 0.25) is 5.02 Å². The van der Waals surface area contributed by atoms with Crippen molar-refractivity contribution < 1.29 is 14.2 Å². The Morgan fingerprint density at radius 1 is 0.946 bits per heavy atom. The summed E-state index contributed by atoms with van der Waals surface area (Å²) in [5.74, 6) is 2.66. The van der Waals surface area contributed by atoms with E-state index in [2.05, 4.69) is 44.6 Å². The Morgan fingerprint density at radius 3 is 2.43 bits per heavy atom. The van der Waals surface area contributed by atoms with E-state index in [-0.39, 0.29) is 6.04 Å². The molecule has 2 aliphatic rings. The van der Waals surface area contributed by atoms with E-state index >= 15 is 0 Å². The lowest BCUT2D eigenvalue weighted by atomic mass is 9.84. The molecule has 0 unspecified atom stereocenters. The van der Waals surface area contributed by atoms with Crippen molar-refractivity contribution in [1.82, 2.24) is 14.8 Å². The number of rotatable bonds is 5. The van der Waals surface area contributed by atoms with Crippen LogP contribution in [0.5, 0.6) is 17.2 Å². The van der Waals surface area contributed by atoms with Crippen molar-refractivity contribution in [3.8, 4) is 17.2 Å². The van der Waals surface area contributed by atoms with Gasteiger partial charge in [-0.1, -0.05) is 29.8 Å². The molecule has 188 valence electrons. The molecule has 3 heterocycles. The van der Waals surface area contributed by atoms with Gasteiger partial charge in [0.15, 0.2) is 11.5 Å². The van der Waals surface area contributed by atoms with Crippen molar-refractivity contribution in [2.24, 2.45) is 0 Å². The van der Waals surface area contributed by atoms with Gasteiger partial charge in [0.25, 0.3) is 0 Å². The van der Waals surface area contributed by atoms with Crippen LogP contribution in [-0.2, 0) is 0 Å². The fraction of sp³-hybridized carbons (Fsp3) is 0.214. The molecule has 0 aliphatic carbocycles. The molecule has 6 rings (SSSR count). The van der Waals surface area contributed by atoms with Crippen LogP contribution < -0.4 is 24.4 Å². The second-order valence-corrected chi connectivity index (χ2v) is 9.56. The van der Waals surface area contributed by atoms with Crippen LogP contribution in [0, 0.1) is 0 Å². The molecule has 4 aromatic rings. The number of halogens is 1. The molecule has 0 amide bonds. The number of ether oxygens (including phenoxy) is 3. The van der Waals surface area contributed by atoms with Gasteiger partial charge >= 0.3 is 0 Å². The summed E-state index contributed by atoms with van der Waals surface area (Å²) < 4.78 is 19.7. The van der Waals surface area contributed by atoms with E-state index in [0.29, 0.717) is 22.5 Å². The molecule has 0 bridgehead atoms. The Hall–Kier alpha value is -4.17. The SMILES string of the molecule is COc1ccc([C@@H]2Oc3ccc(Cl)cc3C3=C2[C@H](c2ccc(N(C)C)cc2)n2ncnc2N3)cc1OC. The maximum Gasteiger partial charge on any atom is 0.226 e. The first-order chi connectivity index (χ1) is 18.0. The van der Waals surface area contributed by atoms with Crippen molar-refractivity contribution in [2.75, 3.05) is 38.5 Å². The smallest absolute Gasteiger partial charge is 0.226 e. The molecule has 0 spiro atoms. The Balaban J connectivity index is 1.59. The molecule has 0 saturated heterocycles. The maximum absolute atomic E-state index is 6.70. The zero-order valence-electron chi connectivity index (χ0n) is 20.9. The minimum Gasteiger partial charge on any atom is -0.493 e. The lowest BCUT2D eigenvalue weighted by Gasteiger charge is -2.39. The summed E-state index contributed by atoms with van der Waals surface area (Å²) in [7, 11) is 7.31. The van der Waals surface area contributed by atoms with E-state index in [0.717, 1.165) is 39.4 Å². The minimum absolute atomic E-state index is 0.268. The van der Waals surface area contributed by atoms with Crippen LogP contribution in [0.15, 0.2) is 72.6 Å². The minimum atomic E-state index is -0.438. The van der Waals surface area contributed by atoms with E-state index in [4.69, 9.17) is 25.8 Å². The molecular weight excluding hydrogens is 490 g/mol. The topological polar surface area (TPSA) is 73.7 Å². The normalized spacial score (nSPS) is 17.6. The summed E-state index contributed by atoms with van der Waals surface area (Å²) in [6.07, 6.45) is 1.12. The number of nitrogens with zero attached hydrogens (tertiary/aromatic N) is 4. The van der Waals surface area contributed by atoms with Crippen LogP contribution >= 0.6 is 11.6 Å². The fourth-order valence-corrected chi connectivity index (χ4v) is 5.18. The van der Waals surface area contributed by atoms with Crippen LogP contribution in [0.4, 0.5) is 11.6 Å². The summed E-state index contributed by atoms with van der Waals surface area (Å²) in [5, 5.41) is 8.73. The van der Waals surface area contributed by atoms with Crippen molar-refractivity contribution in [3.63, 3.8) is 0 Å². The molecule has 0 saturated carbocycles. The standard InChI is InChI=1S/C28H26ClN5O3/c1-33(2)19-9-5-16(6-10-19)26-24-25(32-28-30-15-31-34(26)28)20-14-18(29)8-12-21(20)37-27(24)17-7-11-22(35-3)23(13-17)36-4/h5-15,26-27H,1-4H3,(H,30,31,32)/t26-,27-/m0/s1. The summed E-state index contributed by atoms with van der Waals surface area (Å²) in [6.45, 7) is 0. The maximum atomic E-state index is 6.70. The summed E-state index contributed by atoms with van der Waals surface area (Å²) in [4.78, 5) is 6.58. The van der Waals surface area contributed by atoms with Crippen molar-refractivity contribution in [3.05, 3.63) is 94.3 Å². The fourth-order valence-electron chi connectivity index (χ4n) is 5.01. The highest BCUT2D eigenvalue weighted by Crippen LogP contribution is 2.51. The number of anilines is 2. The van der Waals surface area contributed by atoms with Crippen molar-refractivity contribution in [1.29, 1.82) is 0 Å². The third-order valence-corrected chi connectivity index (χ3v) is 7.05. The Labute approximate surface area is 220 Å². The van der Waals surface area contributed by atoms with Gasteiger partial charge in [0.1, 0.15) is 24.2 Å². The molecule has 2 atom stereocenters. The molecule has 3 aromatic carbocycles. The van der Waals surface area contributed by atoms with Crippen LogP contribution in [0.3, 0.4) is 0 Å². The number of aromatic nitrogens is 3. The third-order valence-electron chi connectivity index (χ3n) is 6.81. The van der Waals surface area contributed by atoms with Gasteiger partial charge in [0.2, 0.25) is 5.95 Å². The van der Waals surface area contributed by atoms with Crippen molar-refractivity contribution in [2.45, 2.75) is 12.1 Å². The van der Waals surface area contributed by atoms with Gasteiger partial charge < -0.3 is 24.4 Å². The Bertz CT molecular complexity index is 1510. The first-order valence-electron chi connectivity index (χ1n) is 11.8. The first-order valence-corrected chi connectivity index (χ1v) is 12.2. The Kier molecular flexibility index (Phi) is 5.68. The van der Waals surface area contributed by atoms with Gasteiger partial charge in [0.05, 0.1) is 19.9 Å². The van der Waals surface area contributed by atoms with E-state index in [1.54, 1.807) is 20.5 Å². The quantitative estimate of drug-likeness (QED) is 0.372. The summed E-state index contributed by atoms with van der Waals surface area (Å²) >= 11 is 6.44. The number of hydrogen-bond donors (Lipinski definition) is 1. The second-order valence-electron chi connectivity index (χ2n) is 9.12. The van der Waals surface area contributed by atoms with Crippen LogP contribution in [0.25, 0.3) is 5.70 Å². The predicted molar refractivity (Wildman–Crippen MR) is 144 cm³/mol. The average molecular weight is 516 g/mol. The van der Waals surface area contributed by atoms with Gasteiger partial charge in [-0.2, -0.15) is 10.1 Å². The number of fused-ring (bicyclic) bond motifs is 3. The zero-order chi connectivity index (χ0) is 25.7. The molecule has 1 aromatic heterocycles. The van der Waals surface area contributed by atoms with Crippen LogP contribution in [-0.4, -0.2) is 43.1 Å². The third kappa shape index (κ3) is 3.84. The predicted octanol–water partition coefficient (Wildman–Crippen LogP) is 5.57. The molecule has 9 heteroatoms. The summed E-state index contributed by atoms with van der Waals surface area (Å²) in [5.41, 5.74) is 5.88. The number of methoxy groups -OCH3 is 2. The van der Waals surface area contributed by atoms with Gasteiger partial charge in [0, 0.05) is 41.5 Å². The van der Waals surface area contributed by atoms with Crippen LogP contribution in [0.1, 0.15) is 28.8 Å². The molecule has 2 aliphatic heterocycles. The summed E-state index contributed by atoms with van der Waals surface area (Å²) in [6, 6.07) is 19.7. The zero-order valence-corrected chi connectivity index (χ0v) is 21.7. The second kappa shape index (κ2) is 9.05. The monoisotopic (exact) mass is 515 g/mol. The highest BCUT2D eigenvalue weighted by atomic mass is 35.5. The number of benzene rings is 3. The number of nitrogens with one attached hydrogen (secondary N) is 1. The lowest BCUT2D eigenvalue weighted by Crippen LogP contribution is -2.32. The molecule has 1 N–H and O–H groups in total. The number of hydrogen-bond acceptors (Lipinski definition) is 7. The lowest BCUT2D eigenvalue weighted by molar-refractivity contribution is 0.222. The van der Waals surface area contributed by atoms with E-state index in [9.17, 15) is 0 Å². The largest absolute Gasteiger partial charge is 0.493 e. The van der Waals surface area contributed by atoms with Gasteiger partial charge in [-0.05, 0) is 48.0 Å². The molecule has 37 heavy (non-hydrogen) atoms. The van der Waals surface area contributed by atoms with Gasteiger partial charge in [-0.25, -0.2) is 4.68 Å². The average Bonchev–Trinajstić information content (AvgIpc) is 3.39.